The smallest absolute Gasteiger partial charge is 0.408 e. The lowest BCUT2D eigenvalue weighted by Crippen LogP contribution is -2.59. The molecule has 4 N–H and O–H groups in total. The van der Waals surface area contributed by atoms with Crippen molar-refractivity contribution in [3.8, 4) is 0 Å². The number of hydrogen-bond acceptors (Lipinski definition) is 22. The van der Waals surface area contributed by atoms with Gasteiger partial charge in [-0.1, -0.05) is 71.8 Å². The number of rotatable bonds is 20. The number of methoxy groups -OCH3 is 2. The number of Topliss-reactive ketones (excluding diaryl/α,β-unsaturated/α-hetero) is 1. The molecule has 86 heavy (non-hydrogen) atoms. The van der Waals surface area contributed by atoms with Gasteiger partial charge < -0.3 is 77.4 Å². The Bertz CT molecular complexity index is 2490. The molecule has 22 atom stereocenters. The summed E-state index contributed by atoms with van der Waals surface area (Å²) in [6.07, 6.45) is -14.7. The predicted molar refractivity (Wildman–Crippen MR) is 316 cm³/mol. The number of nitrogens with zero attached hydrogens (tertiary/aromatic N) is 2. The highest BCUT2D eigenvalue weighted by Crippen LogP contribution is 2.41. The van der Waals surface area contributed by atoms with E-state index in [1.165, 1.54) is 40.4 Å². The highest BCUT2D eigenvalue weighted by molar-refractivity contribution is 7.89. The third-order valence-corrected chi connectivity index (χ3v) is 18.5. The molecule has 4 saturated heterocycles. The molecule has 1 aromatic rings. The maximum Gasteiger partial charge on any atom is 0.408 e. The fraction of sp³-hybridized carbons (Fsp3) is 0.820. The van der Waals surface area contributed by atoms with Crippen LogP contribution in [0, 0.1) is 41.4 Å². The maximum absolute atomic E-state index is 16.0. The Balaban J connectivity index is 1.71. The largest absolute Gasteiger partial charge is 0.461 e. The van der Waals surface area contributed by atoms with Crippen LogP contribution in [0.4, 0.5) is 4.79 Å². The third kappa shape index (κ3) is 19.0. The van der Waals surface area contributed by atoms with Crippen LogP contribution in [0.5, 0.6) is 0 Å². The van der Waals surface area contributed by atoms with E-state index >= 15 is 9.59 Å². The van der Waals surface area contributed by atoms with Crippen molar-refractivity contribution in [2.24, 2.45) is 46.6 Å². The molecule has 0 radical (unpaired) electrons. The molecule has 1 amide bonds. The fourth-order valence-electron chi connectivity index (χ4n) is 12.3. The van der Waals surface area contributed by atoms with Gasteiger partial charge in [0.25, 0.3) is 0 Å². The second kappa shape index (κ2) is 31.7. The van der Waals surface area contributed by atoms with E-state index in [2.05, 4.69) is 20.1 Å². The van der Waals surface area contributed by atoms with Crippen molar-refractivity contribution in [3.05, 3.63) is 30.3 Å². The molecule has 0 aliphatic carbocycles. The van der Waals surface area contributed by atoms with Gasteiger partial charge >= 0.3 is 18.0 Å². The number of ketones is 1. The van der Waals surface area contributed by atoms with Crippen LogP contribution in [-0.2, 0) is 81.3 Å². The van der Waals surface area contributed by atoms with Crippen molar-refractivity contribution in [1.29, 1.82) is 0 Å². The number of aliphatic hydroxyl groups is 2. The van der Waals surface area contributed by atoms with Gasteiger partial charge in [-0.05, 0) is 92.8 Å². The van der Waals surface area contributed by atoms with Crippen molar-refractivity contribution in [1.82, 2.24) is 14.9 Å². The van der Waals surface area contributed by atoms with E-state index in [0.717, 1.165) is 0 Å². The molecule has 492 valence electrons. The number of benzene rings is 1. The van der Waals surface area contributed by atoms with Gasteiger partial charge in [0.1, 0.15) is 43.7 Å². The van der Waals surface area contributed by atoms with Gasteiger partial charge in [-0.25, -0.2) is 17.9 Å². The minimum Gasteiger partial charge on any atom is -0.461 e. The molecule has 0 saturated carbocycles. The molecule has 4 heterocycles. The number of ether oxygens (including phenoxy) is 11. The quantitative estimate of drug-likeness (QED) is 0.0685. The summed E-state index contributed by atoms with van der Waals surface area (Å²) in [5.41, 5.74) is -3.19. The van der Waals surface area contributed by atoms with Crippen molar-refractivity contribution >= 4 is 39.6 Å². The van der Waals surface area contributed by atoms with Crippen molar-refractivity contribution < 1.29 is 94.8 Å². The molecule has 5 rings (SSSR count). The first kappa shape index (κ1) is 72.8. The van der Waals surface area contributed by atoms with E-state index in [-0.39, 0.29) is 61.1 Å². The Labute approximate surface area is 510 Å². The first-order valence-electron chi connectivity index (χ1n) is 30.3. The molecule has 4 fully saturated rings. The van der Waals surface area contributed by atoms with Crippen LogP contribution in [0.2, 0.25) is 0 Å². The number of oxime groups is 1. The average molecular weight is 1240 g/mol. The number of sulfonamides is 1. The number of hydrogen-bond donors (Lipinski definition) is 4. The van der Waals surface area contributed by atoms with Crippen LogP contribution in [-0.4, -0.2) is 204 Å². The minimum atomic E-state index is -4.03. The molecular weight excluding hydrogens is 1140 g/mol. The maximum atomic E-state index is 16.0. The van der Waals surface area contributed by atoms with Gasteiger partial charge in [-0.2, -0.15) is 0 Å². The standard InChI is InChI=1S/C61H102N4O20S/c1-32(2)25-45(66)81-51-39(9)50(34(4)30-77-58-54(75-18)53(74-17)47(67)42(12)80-58)83-56(70)41(11)52(82-46-26-35(5)65(16)29-37(7)78-46)38(8)49(84-57-48(68)44(64-76-19)27-36(6)79-57)33(3)28-61(15,55(69)40(51)10)85-59(71)63-60(13,14)31-62-86(72,73)43-23-21-20-22-24-43/h20-24,32-42,46-54,57-58,62,67-68H,25-31H2,1-19H3,(H,63,71)/b64-44+/t33-,34?,35-,36+,37-,38+,39-,40+,41+,42+,46-,47+,48+,49-,50+,51+,52-,53+,54+,57-,58+,61-/m0/s1. The second-order valence-corrected chi connectivity index (χ2v) is 27.6. The topological polar surface area (TPSA) is 293 Å². The summed E-state index contributed by atoms with van der Waals surface area (Å²) in [6.45, 7) is 26.2. The average Bonchev–Trinajstić information content (AvgIpc) is 1.77. The van der Waals surface area contributed by atoms with Crippen LogP contribution in [0.15, 0.2) is 40.4 Å². The SMILES string of the molecule is CO/N=C1\C[C@@H](C)O[C@@H](O[C@@H]2[C@@H](C)[C@H](O[C@H]3C[C@H](C)N(C)C[C@H](C)O3)[C@@H](C)C(=O)O[C@H](C(C)CO[C@@H]3O[C@H](C)[C@@H](O)[C@@H](OC)[C@H]3OC)[C@H](C)[C@@H](OC(=O)CC(C)C)[C@@H](C)C(=O)[C@@](C)(OC(=O)NC(C)(C)CNS(=O)(=O)c3ccccc3)C[C@@H]2C)[C@@H]1O. The molecule has 24 nitrogen and oxygen atoms in total. The van der Waals surface area contributed by atoms with Crippen molar-refractivity contribution in [2.45, 2.75) is 238 Å². The number of aliphatic hydroxyl groups excluding tert-OH is 2. The number of carbonyl (C=O) groups is 4. The van der Waals surface area contributed by atoms with E-state index in [1.807, 2.05) is 41.7 Å². The van der Waals surface area contributed by atoms with Crippen LogP contribution in [0.25, 0.3) is 0 Å². The lowest BCUT2D eigenvalue weighted by Gasteiger charge is -2.45. The van der Waals surface area contributed by atoms with Gasteiger partial charge in [0, 0.05) is 70.4 Å². The molecule has 4 aliphatic heterocycles. The first-order chi connectivity index (χ1) is 40.2. The van der Waals surface area contributed by atoms with Crippen LogP contribution in [0.1, 0.15) is 130 Å². The molecule has 1 aromatic carbocycles. The highest BCUT2D eigenvalue weighted by atomic mass is 32.2. The van der Waals surface area contributed by atoms with Crippen molar-refractivity contribution in [3.63, 3.8) is 0 Å². The third-order valence-electron chi connectivity index (χ3n) is 17.1. The highest BCUT2D eigenvalue weighted by Gasteiger charge is 2.53. The minimum absolute atomic E-state index is 0.0128. The predicted octanol–water partition coefficient (Wildman–Crippen LogP) is 5.76. The molecule has 0 bridgehead atoms. The van der Waals surface area contributed by atoms with E-state index in [0.29, 0.717) is 13.0 Å². The summed E-state index contributed by atoms with van der Waals surface area (Å²) in [4.78, 5) is 67.6. The number of nitrogens with one attached hydrogen (secondary N) is 2. The number of carbonyl (C=O) groups excluding carboxylic acids is 4. The Morgan fingerprint density at radius 3 is 2.10 bits per heavy atom. The Hall–Kier alpha value is -3.96. The Kier molecular flexibility index (Phi) is 26.8. The summed E-state index contributed by atoms with van der Waals surface area (Å²) in [5, 5.41) is 29.7. The first-order valence-corrected chi connectivity index (χ1v) is 31.8. The lowest BCUT2D eigenvalue weighted by molar-refractivity contribution is -0.305. The second-order valence-electron chi connectivity index (χ2n) is 25.8. The summed E-state index contributed by atoms with van der Waals surface area (Å²) >= 11 is 0. The summed E-state index contributed by atoms with van der Waals surface area (Å²) < 4.78 is 99.8. The van der Waals surface area contributed by atoms with E-state index in [9.17, 15) is 28.2 Å². The van der Waals surface area contributed by atoms with Gasteiger partial charge in [-0.3, -0.25) is 14.4 Å². The van der Waals surface area contributed by atoms with Gasteiger partial charge in [0.15, 0.2) is 30.3 Å². The number of cyclic esters (lactones) is 1. The number of esters is 2. The van der Waals surface area contributed by atoms with Crippen LogP contribution >= 0.6 is 0 Å². The normalized spacial score (nSPS) is 37.6. The summed E-state index contributed by atoms with van der Waals surface area (Å²) in [5.74, 6) is -8.09. The number of likely N-dealkylation sites (N-methyl/N-ethyl adjacent to an activating group) is 1. The summed E-state index contributed by atoms with van der Waals surface area (Å²) in [6, 6.07) is 7.71. The zero-order valence-corrected chi connectivity index (χ0v) is 54.9. The molecular formula is C61H102N4O20S. The number of alkyl carbamates (subject to hydrolysis) is 1. The van der Waals surface area contributed by atoms with Gasteiger partial charge in [0.2, 0.25) is 10.0 Å². The molecule has 0 spiro atoms. The zero-order valence-electron chi connectivity index (χ0n) is 54.1. The van der Waals surface area contributed by atoms with Crippen molar-refractivity contribution in [2.75, 3.05) is 48.1 Å². The monoisotopic (exact) mass is 1240 g/mol. The molecule has 0 aromatic heterocycles. The Morgan fingerprint density at radius 1 is 0.837 bits per heavy atom. The fourth-order valence-corrected chi connectivity index (χ4v) is 13.5. The molecule has 4 aliphatic rings. The van der Waals surface area contributed by atoms with E-state index in [4.69, 9.17) is 56.9 Å². The molecule has 25 heteroatoms. The van der Waals surface area contributed by atoms with E-state index in [1.54, 1.807) is 80.5 Å². The van der Waals surface area contributed by atoms with Crippen LogP contribution < -0.4 is 10.0 Å². The number of amides is 1. The lowest BCUT2D eigenvalue weighted by atomic mass is 9.74. The summed E-state index contributed by atoms with van der Waals surface area (Å²) in [7, 11) is 2.20. The van der Waals surface area contributed by atoms with E-state index < -0.39 is 160 Å². The molecule has 1 unspecified atom stereocenters. The van der Waals surface area contributed by atoms with Gasteiger partial charge in [-0.15, -0.1) is 0 Å². The van der Waals surface area contributed by atoms with Gasteiger partial charge in [0.05, 0.1) is 65.1 Å². The Morgan fingerprint density at radius 2 is 1.49 bits per heavy atom. The van der Waals surface area contributed by atoms with Crippen LogP contribution in [0.3, 0.4) is 0 Å². The zero-order chi connectivity index (χ0) is 64.3.